The summed E-state index contributed by atoms with van der Waals surface area (Å²) in [5.74, 6) is 0.882. The Kier molecular flexibility index (Phi) is 4.47. The predicted octanol–water partition coefficient (Wildman–Crippen LogP) is 4.93. The summed E-state index contributed by atoms with van der Waals surface area (Å²) in [5.41, 5.74) is -0.222. The molecule has 0 aromatic rings. The van der Waals surface area contributed by atoms with E-state index in [4.69, 9.17) is 22.6 Å². The minimum atomic E-state index is -3.16. The van der Waals surface area contributed by atoms with Crippen molar-refractivity contribution in [2.75, 3.05) is 0 Å². The van der Waals surface area contributed by atoms with Crippen molar-refractivity contribution in [1.29, 1.82) is 0 Å². The van der Waals surface area contributed by atoms with Crippen molar-refractivity contribution >= 4 is 39.9 Å². The first kappa shape index (κ1) is 17.2. The Hall–Kier alpha value is 0.849. The zero-order chi connectivity index (χ0) is 15.5. The summed E-state index contributed by atoms with van der Waals surface area (Å²) in [6.07, 6.45) is 2.14. The van der Waals surface area contributed by atoms with Crippen LogP contribution in [0.2, 0.25) is 8.87 Å². The standard InChI is InChI=1S/C14H23O2.CH3.2ClH.Sn/c1-13(2,3)16-12(15)10-7-6-9-8-11(10)14(9,4)5;;;;/h7,9-11H,6,8H2,1-5H3;1H3;2*1H;/q;;;;+2/p-2/t9-,10-,11-;;;;/m0..../s1. The van der Waals surface area contributed by atoms with Gasteiger partial charge in [0.25, 0.3) is 0 Å². The van der Waals surface area contributed by atoms with Gasteiger partial charge in [-0.3, -0.25) is 0 Å². The second-order valence-electron chi connectivity index (χ2n) is 8.22. The first-order valence-corrected chi connectivity index (χ1v) is 19.2. The van der Waals surface area contributed by atoms with Crippen LogP contribution >= 0.6 is 17.8 Å². The van der Waals surface area contributed by atoms with Crippen LogP contribution in [0.15, 0.2) is 0 Å². The molecule has 0 radical (unpaired) electrons. The Labute approximate surface area is 134 Å². The molecule has 5 heteroatoms. The molecule has 0 aromatic heterocycles. The molecule has 4 atom stereocenters. The van der Waals surface area contributed by atoms with Crippen LogP contribution in [-0.4, -0.2) is 27.7 Å². The molecular formula is C15H26Cl2O2Sn. The molecule has 3 rings (SSSR count). The van der Waals surface area contributed by atoms with E-state index in [0.29, 0.717) is 11.8 Å². The van der Waals surface area contributed by atoms with Crippen LogP contribution in [-0.2, 0) is 9.53 Å². The number of hydrogen-bond donors (Lipinski definition) is 0. The van der Waals surface area contributed by atoms with Gasteiger partial charge in [0.2, 0.25) is 0 Å². The van der Waals surface area contributed by atoms with E-state index in [0.717, 1.165) is 12.8 Å². The number of halogens is 2. The molecule has 0 heterocycles. The Morgan fingerprint density at radius 1 is 1.25 bits per heavy atom. The Balaban J connectivity index is 2.26. The third-order valence-corrected chi connectivity index (χ3v) is 14.5. The average molecular weight is 428 g/mol. The molecule has 0 aromatic carbocycles. The molecule has 0 amide bonds. The minimum absolute atomic E-state index is 0.0806. The van der Waals surface area contributed by atoms with Crippen LogP contribution < -0.4 is 0 Å². The fraction of sp³-hybridized carbons (Fsp3) is 0.933. The topological polar surface area (TPSA) is 26.3 Å². The first-order valence-electron chi connectivity index (χ1n) is 7.44. The molecule has 116 valence electrons. The summed E-state index contributed by atoms with van der Waals surface area (Å²) in [7, 11) is 13.1. The molecule has 3 fully saturated rings. The summed E-state index contributed by atoms with van der Waals surface area (Å²) in [6, 6.07) is 0. The summed E-state index contributed by atoms with van der Waals surface area (Å²) >= 11 is -3.16. The van der Waals surface area contributed by atoms with Gasteiger partial charge in [-0.1, -0.05) is 0 Å². The normalized spacial score (nSPS) is 36.2. The molecule has 2 nitrogen and oxygen atoms in total. The van der Waals surface area contributed by atoms with Crippen LogP contribution in [0.4, 0.5) is 0 Å². The van der Waals surface area contributed by atoms with E-state index >= 15 is 0 Å². The number of esters is 1. The maximum absolute atomic E-state index is 12.7. The van der Waals surface area contributed by atoms with Crippen molar-refractivity contribution in [3.63, 3.8) is 0 Å². The number of fused-ring (bicyclic) bond motifs is 2. The van der Waals surface area contributed by atoms with E-state index in [1.165, 1.54) is 0 Å². The van der Waals surface area contributed by atoms with Gasteiger partial charge in [-0.2, -0.15) is 0 Å². The van der Waals surface area contributed by atoms with Crippen molar-refractivity contribution in [3.8, 4) is 0 Å². The second-order valence-corrected chi connectivity index (χ2v) is 27.6. The Bertz CT molecular complexity index is 409. The van der Waals surface area contributed by atoms with Crippen molar-refractivity contribution in [3.05, 3.63) is 0 Å². The molecule has 20 heavy (non-hydrogen) atoms. The molecule has 2 bridgehead atoms. The Morgan fingerprint density at radius 2 is 1.80 bits per heavy atom. The van der Waals surface area contributed by atoms with E-state index in [1.807, 2.05) is 25.7 Å². The molecule has 0 saturated heterocycles. The molecule has 3 saturated carbocycles. The molecule has 0 aliphatic heterocycles. The van der Waals surface area contributed by atoms with Gasteiger partial charge in [0.15, 0.2) is 0 Å². The summed E-state index contributed by atoms with van der Waals surface area (Å²) in [6.45, 7) is 10.3. The third-order valence-electron chi connectivity index (χ3n) is 5.28. The summed E-state index contributed by atoms with van der Waals surface area (Å²) < 4.78 is 5.86. The molecule has 0 spiro atoms. The van der Waals surface area contributed by atoms with E-state index in [9.17, 15) is 4.79 Å². The molecular weight excluding hydrogens is 402 g/mol. The molecule has 0 unspecified atom stereocenters. The number of carbonyl (C=O) groups excluding carboxylic acids is 1. The van der Waals surface area contributed by atoms with Gasteiger partial charge in [0, 0.05) is 0 Å². The molecule has 3 aliphatic carbocycles. The van der Waals surface area contributed by atoms with E-state index in [2.05, 4.69) is 13.8 Å². The van der Waals surface area contributed by atoms with Crippen molar-refractivity contribution in [2.45, 2.75) is 61.9 Å². The van der Waals surface area contributed by atoms with Gasteiger partial charge in [-0.05, 0) is 0 Å². The van der Waals surface area contributed by atoms with Gasteiger partial charge in [-0.25, -0.2) is 0 Å². The number of carbonyl (C=O) groups is 1. The maximum atomic E-state index is 12.7. The van der Waals surface area contributed by atoms with Crippen LogP contribution in [0.25, 0.3) is 0 Å². The first-order chi connectivity index (χ1) is 8.84. The zero-order valence-electron chi connectivity index (χ0n) is 13.3. The molecule has 3 aliphatic rings. The van der Waals surface area contributed by atoms with Crippen LogP contribution in [0.3, 0.4) is 0 Å². The van der Waals surface area contributed by atoms with Crippen molar-refractivity contribution < 1.29 is 9.53 Å². The number of hydrogen-bond acceptors (Lipinski definition) is 2. The fourth-order valence-electron chi connectivity index (χ4n) is 4.02. The SMILES string of the molecule is CC(C)(C)OC(=O)[C@@H]1[C@@H]2C[C@H](C[C@@H]1[Sn]([CH3])([Cl])[Cl])C2(C)C. The zero-order valence-corrected chi connectivity index (χ0v) is 17.7. The van der Waals surface area contributed by atoms with Gasteiger partial charge >= 0.3 is 135 Å². The van der Waals surface area contributed by atoms with Crippen molar-refractivity contribution in [1.82, 2.24) is 0 Å². The second kappa shape index (κ2) is 5.19. The van der Waals surface area contributed by atoms with E-state index < -0.39 is 21.7 Å². The third kappa shape index (κ3) is 3.12. The van der Waals surface area contributed by atoms with E-state index in [-0.39, 0.29) is 21.2 Å². The predicted molar refractivity (Wildman–Crippen MR) is 86.4 cm³/mol. The number of rotatable bonds is 2. The summed E-state index contributed by atoms with van der Waals surface area (Å²) in [5, 5.41) is 0. The van der Waals surface area contributed by atoms with E-state index in [1.54, 1.807) is 0 Å². The monoisotopic (exact) mass is 428 g/mol. The average Bonchev–Trinajstić information content (AvgIpc) is 2.24. The van der Waals surface area contributed by atoms with Crippen molar-refractivity contribution in [2.24, 2.45) is 23.2 Å². The van der Waals surface area contributed by atoms with Gasteiger partial charge in [0.05, 0.1) is 0 Å². The number of ether oxygens (including phenoxy) is 1. The fourth-order valence-corrected chi connectivity index (χ4v) is 11.9. The van der Waals surface area contributed by atoms with Gasteiger partial charge in [0.1, 0.15) is 0 Å². The Morgan fingerprint density at radius 3 is 2.20 bits per heavy atom. The quantitative estimate of drug-likeness (QED) is 0.461. The van der Waals surface area contributed by atoms with Crippen LogP contribution in [0, 0.1) is 23.2 Å². The van der Waals surface area contributed by atoms with Gasteiger partial charge < -0.3 is 0 Å². The molecule has 0 N–H and O–H groups in total. The van der Waals surface area contributed by atoms with Crippen LogP contribution in [0.1, 0.15) is 47.5 Å². The van der Waals surface area contributed by atoms with Gasteiger partial charge in [-0.15, -0.1) is 0 Å². The summed E-state index contributed by atoms with van der Waals surface area (Å²) in [4.78, 5) is 14.7. The van der Waals surface area contributed by atoms with Crippen LogP contribution in [0.5, 0.6) is 0 Å².